The van der Waals surface area contributed by atoms with E-state index in [-0.39, 0.29) is 0 Å². The molecule has 0 saturated carbocycles. The molecule has 1 nitrogen and oxygen atoms in total. The van der Waals surface area contributed by atoms with Crippen LogP contribution in [0.5, 0.6) is 5.75 Å². The summed E-state index contributed by atoms with van der Waals surface area (Å²) in [6.45, 7) is 0. The summed E-state index contributed by atoms with van der Waals surface area (Å²) < 4.78 is 5.08. The standard InChI is InChI=1S/C12H14OS/c1-3-4-5-10-14-12-8-6-11(13-2)7-9-12/h1,6-9H,4-5,10H2,2H3. The van der Waals surface area contributed by atoms with Gasteiger partial charge in [-0.15, -0.1) is 24.1 Å². The number of thioether (sulfide) groups is 1. The highest BCUT2D eigenvalue weighted by Crippen LogP contribution is 2.21. The molecule has 0 unspecified atom stereocenters. The van der Waals surface area contributed by atoms with Crippen molar-refractivity contribution >= 4 is 11.8 Å². The Bertz CT molecular complexity index is 297. The molecule has 1 aromatic rings. The molecule has 0 aliphatic carbocycles. The molecule has 0 radical (unpaired) electrons. The molecule has 0 aromatic heterocycles. The molecule has 2 heteroatoms. The van der Waals surface area contributed by atoms with Crippen molar-refractivity contribution in [2.75, 3.05) is 12.9 Å². The lowest BCUT2D eigenvalue weighted by Crippen LogP contribution is -1.82. The first-order chi connectivity index (χ1) is 6.86. The molecule has 0 aliphatic rings. The molecule has 1 rings (SSSR count). The van der Waals surface area contributed by atoms with E-state index in [0.29, 0.717) is 0 Å². The van der Waals surface area contributed by atoms with Crippen molar-refractivity contribution in [3.63, 3.8) is 0 Å². The average Bonchev–Trinajstić information content (AvgIpc) is 2.25. The van der Waals surface area contributed by atoms with Crippen LogP contribution in [0.15, 0.2) is 29.2 Å². The Hall–Kier alpha value is -1.07. The SMILES string of the molecule is C#CCCCSc1ccc(OC)cc1. The smallest absolute Gasteiger partial charge is 0.118 e. The number of unbranched alkanes of at least 4 members (excludes halogenated alkanes) is 1. The molecule has 14 heavy (non-hydrogen) atoms. The van der Waals surface area contributed by atoms with Gasteiger partial charge in [0, 0.05) is 11.3 Å². The Kier molecular flexibility index (Phi) is 5.03. The van der Waals surface area contributed by atoms with Gasteiger partial charge in [0.15, 0.2) is 0 Å². The van der Waals surface area contributed by atoms with Crippen LogP contribution in [-0.4, -0.2) is 12.9 Å². The molecule has 0 atom stereocenters. The largest absolute Gasteiger partial charge is 0.497 e. The summed E-state index contributed by atoms with van der Waals surface area (Å²) in [7, 11) is 1.68. The van der Waals surface area contributed by atoms with Crippen LogP contribution >= 0.6 is 11.8 Å². The highest BCUT2D eigenvalue weighted by atomic mass is 32.2. The van der Waals surface area contributed by atoms with Gasteiger partial charge in [-0.2, -0.15) is 0 Å². The van der Waals surface area contributed by atoms with Crippen molar-refractivity contribution in [1.82, 2.24) is 0 Å². The maximum Gasteiger partial charge on any atom is 0.118 e. The highest BCUT2D eigenvalue weighted by molar-refractivity contribution is 7.99. The Labute approximate surface area is 89.9 Å². The second kappa shape index (κ2) is 6.39. The Morgan fingerprint density at radius 3 is 2.64 bits per heavy atom. The van der Waals surface area contributed by atoms with E-state index >= 15 is 0 Å². The van der Waals surface area contributed by atoms with Gasteiger partial charge in [0.25, 0.3) is 0 Å². The third-order valence-corrected chi connectivity index (χ3v) is 2.89. The molecule has 0 N–H and O–H groups in total. The van der Waals surface area contributed by atoms with Crippen LogP contribution in [0.4, 0.5) is 0 Å². The summed E-state index contributed by atoms with van der Waals surface area (Å²) >= 11 is 1.83. The minimum atomic E-state index is 0.864. The molecule has 0 heterocycles. The van der Waals surface area contributed by atoms with Crippen molar-refractivity contribution in [2.45, 2.75) is 17.7 Å². The van der Waals surface area contributed by atoms with E-state index in [1.807, 2.05) is 23.9 Å². The third kappa shape index (κ3) is 3.76. The Balaban J connectivity index is 2.33. The monoisotopic (exact) mass is 206 g/mol. The first-order valence-corrected chi connectivity index (χ1v) is 5.55. The number of benzene rings is 1. The highest BCUT2D eigenvalue weighted by Gasteiger charge is 1.94. The van der Waals surface area contributed by atoms with Crippen LogP contribution in [0, 0.1) is 12.3 Å². The van der Waals surface area contributed by atoms with Gasteiger partial charge in [-0.05, 0) is 36.4 Å². The predicted molar refractivity (Wildman–Crippen MR) is 61.8 cm³/mol. The fourth-order valence-electron chi connectivity index (χ4n) is 1.04. The van der Waals surface area contributed by atoms with Gasteiger partial charge >= 0.3 is 0 Å². The molecule has 0 aliphatic heterocycles. The predicted octanol–water partition coefficient (Wildman–Crippen LogP) is 3.20. The summed E-state index contributed by atoms with van der Waals surface area (Å²) in [5.74, 6) is 4.62. The molecular weight excluding hydrogens is 192 g/mol. The van der Waals surface area contributed by atoms with Gasteiger partial charge in [0.1, 0.15) is 5.75 Å². The maximum atomic E-state index is 5.17. The minimum Gasteiger partial charge on any atom is -0.497 e. The van der Waals surface area contributed by atoms with E-state index in [4.69, 9.17) is 11.2 Å². The summed E-state index contributed by atoms with van der Waals surface area (Å²) in [5, 5.41) is 0. The molecule has 0 saturated heterocycles. The zero-order chi connectivity index (χ0) is 10.2. The number of terminal acetylenes is 1. The van der Waals surface area contributed by atoms with Crippen molar-refractivity contribution in [3.8, 4) is 18.1 Å². The summed E-state index contributed by atoms with van der Waals surface area (Å²) in [4.78, 5) is 1.27. The van der Waals surface area contributed by atoms with Crippen molar-refractivity contribution in [3.05, 3.63) is 24.3 Å². The van der Waals surface area contributed by atoms with Crippen LogP contribution in [0.2, 0.25) is 0 Å². The molecule has 0 spiro atoms. The zero-order valence-corrected chi connectivity index (χ0v) is 9.14. The third-order valence-electron chi connectivity index (χ3n) is 1.79. The van der Waals surface area contributed by atoms with Gasteiger partial charge in [-0.1, -0.05) is 0 Å². The van der Waals surface area contributed by atoms with Crippen LogP contribution in [0.1, 0.15) is 12.8 Å². The second-order valence-electron chi connectivity index (χ2n) is 2.83. The summed E-state index contributed by atoms with van der Waals surface area (Å²) in [5.41, 5.74) is 0. The van der Waals surface area contributed by atoms with Crippen molar-refractivity contribution in [1.29, 1.82) is 0 Å². The van der Waals surface area contributed by atoms with Crippen LogP contribution in [0.25, 0.3) is 0 Å². The van der Waals surface area contributed by atoms with Gasteiger partial charge in [-0.3, -0.25) is 0 Å². The first-order valence-electron chi connectivity index (χ1n) is 4.57. The minimum absolute atomic E-state index is 0.864. The lowest BCUT2D eigenvalue weighted by molar-refractivity contribution is 0.414. The van der Waals surface area contributed by atoms with Gasteiger partial charge in [0.05, 0.1) is 7.11 Å². The summed E-state index contributed by atoms with van der Waals surface area (Å²) in [6.07, 6.45) is 7.11. The van der Waals surface area contributed by atoms with Gasteiger partial charge in [0.2, 0.25) is 0 Å². The van der Waals surface area contributed by atoms with Gasteiger partial charge in [-0.25, -0.2) is 0 Å². The zero-order valence-electron chi connectivity index (χ0n) is 8.32. The molecule has 0 fully saturated rings. The number of hydrogen-bond acceptors (Lipinski definition) is 2. The molecule has 0 amide bonds. The molecular formula is C12H14OS. The van der Waals surface area contributed by atoms with E-state index in [0.717, 1.165) is 24.3 Å². The quantitative estimate of drug-likeness (QED) is 0.415. The van der Waals surface area contributed by atoms with Crippen molar-refractivity contribution in [2.24, 2.45) is 0 Å². The van der Waals surface area contributed by atoms with Crippen LogP contribution < -0.4 is 4.74 Å². The van der Waals surface area contributed by atoms with E-state index in [2.05, 4.69) is 18.1 Å². The number of methoxy groups -OCH3 is 1. The van der Waals surface area contributed by atoms with E-state index in [1.54, 1.807) is 7.11 Å². The molecule has 0 bridgehead atoms. The lowest BCUT2D eigenvalue weighted by atomic mass is 10.3. The normalized spacial score (nSPS) is 9.43. The number of ether oxygens (including phenoxy) is 1. The Morgan fingerprint density at radius 2 is 2.07 bits per heavy atom. The topological polar surface area (TPSA) is 9.23 Å². The number of hydrogen-bond donors (Lipinski definition) is 0. The molecule has 74 valence electrons. The fraction of sp³-hybridized carbons (Fsp3) is 0.333. The van der Waals surface area contributed by atoms with Crippen molar-refractivity contribution < 1.29 is 4.74 Å². The van der Waals surface area contributed by atoms with Gasteiger partial charge < -0.3 is 4.74 Å². The first kappa shape index (κ1) is 11.0. The van der Waals surface area contributed by atoms with Crippen LogP contribution in [-0.2, 0) is 0 Å². The lowest BCUT2D eigenvalue weighted by Gasteiger charge is -2.02. The number of rotatable bonds is 5. The van der Waals surface area contributed by atoms with Crippen LogP contribution in [0.3, 0.4) is 0 Å². The fourth-order valence-corrected chi connectivity index (χ4v) is 1.89. The maximum absolute atomic E-state index is 5.17. The summed E-state index contributed by atoms with van der Waals surface area (Å²) in [6, 6.07) is 8.09. The van der Waals surface area contributed by atoms with E-state index in [9.17, 15) is 0 Å². The second-order valence-corrected chi connectivity index (χ2v) is 4.00. The van der Waals surface area contributed by atoms with E-state index in [1.165, 1.54) is 4.90 Å². The Morgan fingerprint density at radius 1 is 1.36 bits per heavy atom. The average molecular weight is 206 g/mol. The molecule has 1 aromatic carbocycles. The van der Waals surface area contributed by atoms with E-state index < -0.39 is 0 Å².